The summed E-state index contributed by atoms with van der Waals surface area (Å²) in [6.45, 7) is 16.8. The molecule has 0 aromatic carbocycles. The Hall–Kier alpha value is -0.720. The fourth-order valence-corrected chi connectivity index (χ4v) is 1.52. The van der Waals surface area contributed by atoms with Crippen LogP contribution >= 0.6 is 0 Å². The molecule has 0 saturated carbocycles. The number of nitrogens with zero attached hydrogens (tertiary/aromatic N) is 1. The SMILES string of the molecule is C=CC(=C)N1CC(C)(C(C)C)C1. The average molecular weight is 165 g/mol. The minimum absolute atomic E-state index is 0.492. The van der Waals surface area contributed by atoms with E-state index in [0.29, 0.717) is 5.41 Å². The molecule has 1 rings (SSSR count). The summed E-state index contributed by atoms with van der Waals surface area (Å²) < 4.78 is 0. The molecule has 68 valence electrons. The Morgan fingerprint density at radius 1 is 1.50 bits per heavy atom. The van der Waals surface area contributed by atoms with Crippen LogP contribution in [0.15, 0.2) is 24.9 Å². The van der Waals surface area contributed by atoms with Crippen LogP contribution in [0.4, 0.5) is 0 Å². The highest BCUT2D eigenvalue weighted by atomic mass is 15.2. The van der Waals surface area contributed by atoms with Crippen LogP contribution in [0, 0.1) is 11.3 Å². The zero-order valence-electron chi connectivity index (χ0n) is 8.43. The largest absolute Gasteiger partial charge is 0.371 e. The van der Waals surface area contributed by atoms with Crippen molar-refractivity contribution in [2.75, 3.05) is 13.1 Å². The third kappa shape index (κ3) is 1.40. The maximum Gasteiger partial charge on any atom is 0.0287 e. The summed E-state index contributed by atoms with van der Waals surface area (Å²) in [7, 11) is 0. The molecule has 1 nitrogen and oxygen atoms in total. The van der Waals surface area contributed by atoms with Crippen LogP contribution in [-0.2, 0) is 0 Å². The summed E-state index contributed by atoms with van der Waals surface area (Å²) in [6, 6.07) is 0. The molecule has 12 heavy (non-hydrogen) atoms. The zero-order valence-corrected chi connectivity index (χ0v) is 8.43. The lowest BCUT2D eigenvalue weighted by Crippen LogP contribution is -2.56. The van der Waals surface area contributed by atoms with Gasteiger partial charge in [-0.1, -0.05) is 33.9 Å². The molecule has 0 unspecified atom stereocenters. The number of hydrogen-bond acceptors (Lipinski definition) is 1. The Labute approximate surface area is 75.8 Å². The minimum Gasteiger partial charge on any atom is -0.371 e. The number of hydrogen-bond donors (Lipinski definition) is 0. The summed E-state index contributed by atoms with van der Waals surface area (Å²) in [5.74, 6) is 0.756. The van der Waals surface area contributed by atoms with Crippen LogP contribution in [0.3, 0.4) is 0 Å². The van der Waals surface area contributed by atoms with E-state index in [1.807, 2.05) is 6.08 Å². The number of allylic oxidation sites excluding steroid dienone is 1. The quantitative estimate of drug-likeness (QED) is 0.581. The molecule has 1 aliphatic rings. The van der Waals surface area contributed by atoms with Gasteiger partial charge in [0.05, 0.1) is 0 Å². The first-order valence-corrected chi connectivity index (χ1v) is 4.56. The second kappa shape index (κ2) is 2.96. The number of rotatable bonds is 3. The van der Waals surface area contributed by atoms with Gasteiger partial charge in [-0.2, -0.15) is 0 Å². The summed E-state index contributed by atoms with van der Waals surface area (Å²) in [5, 5.41) is 0. The lowest BCUT2D eigenvalue weighted by molar-refractivity contribution is 0.00822. The topological polar surface area (TPSA) is 3.24 Å². The first kappa shape index (κ1) is 9.37. The van der Waals surface area contributed by atoms with Gasteiger partial charge in [0, 0.05) is 24.2 Å². The van der Waals surface area contributed by atoms with E-state index >= 15 is 0 Å². The summed E-state index contributed by atoms with van der Waals surface area (Å²) in [4.78, 5) is 2.28. The number of likely N-dealkylation sites (tertiary alicyclic amines) is 1. The van der Waals surface area contributed by atoms with E-state index in [1.54, 1.807) is 0 Å². The lowest BCUT2D eigenvalue weighted by atomic mass is 9.72. The highest BCUT2D eigenvalue weighted by molar-refractivity contribution is 5.15. The Morgan fingerprint density at radius 2 is 2.00 bits per heavy atom. The second-order valence-corrected chi connectivity index (χ2v) is 4.36. The maximum absolute atomic E-state index is 3.93. The molecule has 0 aromatic heterocycles. The smallest absolute Gasteiger partial charge is 0.0287 e. The van der Waals surface area contributed by atoms with Gasteiger partial charge in [-0.3, -0.25) is 0 Å². The molecule has 0 radical (unpaired) electrons. The normalized spacial score (nSPS) is 20.5. The van der Waals surface area contributed by atoms with Crippen molar-refractivity contribution in [3.05, 3.63) is 24.9 Å². The van der Waals surface area contributed by atoms with Gasteiger partial charge in [0.25, 0.3) is 0 Å². The van der Waals surface area contributed by atoms with Gasteiger partial charge >= 0.3 is 0 Å². The molecule has 0 N–H and O–H groups in total. The second-order valence-electron chi connectivity index (χ2n) is 4.36. The Morgan fingerprint density at radius 3 is 2.33 bits per heavy atom. The van der Waals surface area contributed by atoms with Crippen LogP contribution in [-0.4, -0.2) is 18.0 Å². The van der Waals surface area contributed by atoms with Gasteiger partial charge in [-0.25, -0.2) is 0 Å². The van der Waals surface area contributed by atoms with Crippen molar-refractivity contribution in [1.29, 1.82) is 0 Å². The highest BCUT2D eigenvalue weighted by Crippen LogP contribution is 2.38. The first-order valence-electron chi connectivity index (χ1n) is 4.56. The average Bonchev–Trinajstić information content (AvgIpc) is 1.96. The van der Waals surface area contributed by atoms with Crippen molar-refractivity contribution >= 4 is 0 Å². The molecule has 0 aliphatic carbocycles. The van der Waals surface area contributed by atoms with Crippen LogP contribution in [0.1, 0.15) is 20.8 Å². The van der Waals surface area contributed by atoms with Crippen LogP contribution in [0.25, 0.3) is 0 Å². The standard InChI is InChI=1S/C11H19N/c1-6-10(4)12-7-11(5,8-12)9(2)3/h6,9H,1,4,7-8H2,2-3,5H3. The highest BCUT2D eigenvalue weighted by Gasteiger charge is 2.40. The third-order valence-corrected chi connectivity index (χ3v) is 3.14. The predicted molar refractivity (Wildman–Crippen MR) is 53.9 cm³/mol. The van der Waals surface area contributed by atoms with Crippen molar-refractivity contribution in [1.82, 2.24) is 4.90 Å². The molecule has 0 atom stereocenters. The molecule has 0 spiro atoms. The van der Waals surface area contributed by atoms with Gasteiger partial charge in [0.1, 0.15) is 0 Å². The molecular weight excluding hydrogens is 146 g/mol. The fourth-order valence-electron chi connectivity index (χ4n) is 1.52. The molecule has 0 amide bonds. The van der Waals surface area contributed by atoms with Gasteiger partial charge in [-0.15, -0.1) is 0 Å². The predicted octanol–water partition coefficient (Wildman–Crippen LogP) is 2.66. The summed E-state index contributed by atoms with van der Waals surface area (Å²) in [5.41, 5.74) is 1.56. The van der Waals surface area contributed by atoms with Crippen molar-refractivity contribution in [3.63, 3.8) is 0 Å². The maximum atomic E-state index is 3.93. The van der Waals surface area contributed by atoms with E-state index in [9.17, 15) is 0 Å². The Balaban J connectivity index is 2.46. The van der Waals surface area contributed by atoms with Gasteiger partial charge < -0.3 is 4.90 Å². The van der Waals surface area contributed by atoms with Gasteiger partial charge in [-0.05, 0) is 12.0 Å². The van der Waals surface area contributed by atoms with Gasteiger partial charge in [0.2, 0.25) is 0 Å². The van der Waals surface area contributed by atoms with Crippen LogP contribution in [0.2, 0.25) is 0 Å². The van der Waals surface area contributed by atoms with Crippen molar-refractivity contribution in [3.8, 4) is 0 Å². The van der Waals surface area contributed by atoms with E-state index in [4.69, 9.17) is 0 Å². The molecule has 1 heteroatoms. The Bertz CT molecular complexity index is 197. The van der Waals surface area contributed by atoms with E-state index in [0.717, 1.165) is 24.7 Å². The molecular formula is C11H19N. The van der Waals surface area contributed by atoms with Crippen molar-refractivity contribution in [2.45, 2.75) is 20.8 Å². The van der Waals surface area contributed by atoms with Crippen LogP contribution < -0.4 is 0 Å². The summed E-state index contributed by atoms with van der Waals surface area (Å²) in [6.07, 6.45) is 1.83. The van der Waals surface area contributed by atoms with E-state index < -0.39 is 0 Å². The van der Waals surface area contributed by atoms with Crippen molar-refractivity contribution < 1.29 is 0 Å². The lowest BCUT2D eigenvalue weighted by Gasteiger charge is -2.52. The van der Waals surface area contributed by atoms with E-state index in [-0.39, 0.29) is 0 Å². The molecule has 1 fully saturated rings. The van der Waals surface area contributed by atoms with Crippen LogP contribution in [0.5, 0.6) is 0 Å². The monoisotopic (exact) mass is 165 g/mol. The molecule has 0 aromatic rings. The third-order valence-electron chi connectivity index (χ3n) is 3.14. The summed E-state index contributed by atoms with van der Waals surface area (Å²) >= 11 is 0. The Kier molecular flexibility index (Phi) is 2.31. The zero-order chi connectivity index (χ0) is 9.35. The molecule has 0 bridgehead atoms. The van der Waals surface area contributed by atoms with E-state index in [2.05, 4.69) is 38.8 Å². The molecule has 1 aliphatic heterocycles. The minimum atomic E-state index is 0.492. The fraction of sp³-hybridized carbons (Fsp3) is 0.636. The van der Waals surface area contributed by atoms with Crippen molar-refractivity contribution in [2.24, 2.45) is 11.3 Å². The van der Waals surface area contributed by atoms with E-state index in [1.165, 1.54) is 0 Å². The molecule has 1 saturated heterocycles. The first-order chi connectivity index (χ1) is 5.49. The van der Waals surface area contributed by atoms with Gasteiger partial charge in [0.15, 0.2) is 0 Å². The molecule has 1 heterocycles.